The molecule has 10 nitrogen and oxygen atoms in total. The third-order valence-corrected chi connectivity index (χ3v) is 6.71. The molecule has 0 spiro atoms. The van der Waals surface area contributed by atoms with Crippen LogP contribution in [0.1, 0.15) is 6.92 Å². The highest BCUT2D eigenvalue weighted by Crippen LogP contribution is 2.34. The molecule has 1 amide bonds. The van der Waals surface area contributed by atoms with E-state index in [0.29, 0.717) is 54.9 Å². The molecule has 0 atom stereocenters. The summed E-state index contributed by atoms with van der Waals surface area (Å²) in [7, 11) is 1.54. The highest BCUT2D eigenvalue weighted by atomic mass is 32.1. The maximum atomic E-state index is 12.7. The zero-order valence-corrected chi connectivity index (χ0v) is 21.3. The van der Waals surface area contributed by atoms with Crippen LogP contribution < -0.4 is 19.8 Å². The molecule has 2 aromatic carbocycles. The molecule has 1 fully saturated rings. The Kier molecular flexibility index (Phi) is 7.33. The number of rotatable bonds is 8. The van der Waals surface area contributed by atoms with Gasteiger partial charge in [0.1, 0.15) is 5.75 Å². The molecule has 1 aliphatic heterocycles. The number of aromatic nitrogens is 3. The fourth-order valence-corrected chi connectivity index (χ4v) is 4.83. The van der Waals surface area contributed by atoms with Gasteiger partial charge in [-0.3, -0.25) is 9.59 Å². The molecule has 192 valence electrons. The monoisotopic (exact) mass is 522 g/mol. The molecule has 2 aromatic heterocycles. The predicted octanol–water partition coefficient (Wildman–Crippen LogP) is 3.13. The Morgan fingerprint density at radius 2 is 1.81 bits per heavy atom. The van der Waals surface area contributed by atoms with E-state index in [1.807, 2.05) is 24.4 Å². The molecular formula is C26H26N4O6S. The topological polar surface area (TPSA) is 104 Å². The summed E-state index contributed by atoms with van der Waals surface area (Å²) in [5.41, 5.74) is 2.04. The molecule has 0 bridgehead atoms. The number of methoxy groups -OCH3 is 1. The van der Waals surface area contributed by atoms with E-state index in [2.05, 4.69) is 10.1 Å². The molecule has 0 radical (unpaired) electrons. The van der Waals surface area contributed by atoms with Crippen LogP contribution in [0.4, 0.5) is 0 Å². The Balaban J connectivity index is 1.41. The van der Waals surface area contributed by atoms with Crippen LogP contribution in [0.25, 0.3) is 27.5 Å². The Morgan fingerprint density at radius 3 is 2.54 bits per heavy atom. The van der Waals surface area contributed by atoms with Crippen molar-refractivity contribution in [1.82, 2.24) is 19.5 Å². The molecule has 0 saturated carbocycles. The largest absolute Gasteiger partial charge is 0.494 e. The summed E-state index contributed by atoms with van der Waals surface area (Å²) < 4.78 is 23.8. The number of ether oxygens (including phenoxy) is 4. The second kappa shape index (κ2) is 11.0. The first-order valence-electron chi connectivity index (χ1n) is 11.9. The van der Waals surface area contributed by atoms with Gasteiger partial charge in [0, 0.05) is 29.6 Å². The first-order chi connectivity index (χ1) is 18.1. The van der Waals surface area contributed by atoms with Gasteiger partial charge in [0.25, 0.3) is 5.91 Å². The molecule has 3 heterocycles. The molecule has 0 aliphatic carbocycles. The minimum atomic E-state index is -0.399. The van der Waals surface area contributed by atoms with Gasteiger partial charge in [-0.25, -0.2) is 4.52 Å². The molecule has 1 aliphatic rings. The zero-order chi connectivity index (χ0) is 25.8. The van der Waals surface area contributed by atoms with Crippen LogP contribution in [0.5, 0.6) is 17.2 Å². The Morgan fingerprint density at radius 1 is 1.05 bits per heavy atom. The fourth-order valence-electron chi connectivity index (χ4n) is 4.00. The summed E-state index contributed by atoms with van der Waals surface area (Å²) >= 11 is 1.32. The number of hydrogen-bond donors (Lipinski definition) is 0. The number of nitrogens with zero attached hydrogens (tertiary/aromatic N) is 4. The van der Waals surface area contributed by atoms with E-state index in [-0.39, 0.29) is 18.2 Å². The van der Waals surface area contributed by atoms with Crippen molar-refractivity contribution < 1.29 is 23.7 Å². The van der Waals surface area contributed by atoms with E-state index in [0.717, 1.165) is 17.0 Å². The summed E-state index contributed by atoms with van der Waals surface area (Å²) in [6, 6.07) is 12.6. The average Bonchev–Trinajstić information content (AvgIpc) is 3.35. The number of hydrogen-bond acceptors (Lipinski definition) is 9. The lowest BCUT2D eigenvalue weighted by molar-refractivity contribution is -0.137. The zero-order valence-electron chi connectivity index (χ0n) is 20.5. The standard InChI is InChI=1S/C26H26N4O6S/c1-3-35-19-7-4-17(5-8-19)24-25(32)27-26-30(28-24)20(16-37-26)18-6-9-21(22(14-18)33-2)36-15-23(31)29-10-12-34-13-11-29/h4-9,14,16H,3,10-13,15H2,1-2H3. The fraction of sp³-hybridized carbons (Fsp3) is 0.308. The molecule has 37 heavy (non-hydrogen) atoms. The maximum absolute atomic E-state index is 12.7. The molecule has 0 unspecified atom stereocenters. The summed E-state index contributed by atoms with van der Waals surface area (Å²) in [4.78, 5) is 31.6. The van der Waals surface area contributed by atoms with Gasteiger partial charge >= 0.3 is 5.56 Å². The lowest BCUT2D eigenvalue weighted by Gasteiger charge is -2.26. The van der Waals surface area contributed by atoms with Crippen LogP contribution in [0.15, 0.2) is 52.6 Å². The van der Waals surface area contributed by atoms with E-state index in [4.69, 9.17) is 18.9 Å². The van der Waals surface area contributed by atoms with Gasteiger partial charge in [0.15, 0.2) is 23.8 Å². The number of benzene rings is 2. The smallest absolute Gasteiger partial charge is 0.300 e. The van der Waals surface area contributed by atoms with Crippen molar-refractivity contribution in [2.24, 2.45) is 0 Å². The Bertz CT molecular complexity index is 1460. The molecule has 11 heteroatoms. The van der Waals surface area contributed by atoms with Gasteiger partial charge in [0.2, 0.25) is 4.96 Å². The van der Waals surface area contributed by atoms with E-state index in [9.17, 15) is 9.59 Å². The third kappa shape index (κ3) is 5.27. The van der Waals surface area contributed by atoms with E-state index < -0.39 is 5.56 Å². The second-order valence-electron chi connectivity index (χ2n) is 8.19. The minimum absolute atomic E-state index is 0.0883. The van der Waals surface area contributed by atoms with Gasteiger partial charge in [-0.1, -0.05) is 0 Å². The maximum Gasteiger partial charge on any atom is 0.300 e. The van der Waals surface area contributed by atoms with Crippen molar-refractivity contribution in [1.29, 1.82) is 0 Å². The quantitative estimate of drug-likeness (QED) is 0.348. The van der Waals surface area contributed by atoms with Crippen LogP contribution in [0, 0.1) is 0 Å². The van der Waals surface area contributed by atoms with Crippen LogP contribution in [-0.4, -0.2) is 72.0 Å². The summed E-state index contributed by atoms with van der Waals surface area (Å²) in [6.45, 7) is 4.58. The van der Waals surface area contributed by atoms with Crippen molar-refractivity contribution in [3.8, 4) is 39.8 Å². The van der Waals surface area contributed by atoms with Gasteiger partial charge < -0.3 is 23.8 Å². The normalized spacial score (nSPS) is 13.5. The van der Waals surface area contributed by atoms with Gasteiger partial charge in [0.05, 0.1) is 32.6 Å². The Labute approximate surface area is 217 Å². The number of carbonyl (C=O) groups excluding carboxylic acids is 1. The average molecular weight is 523 g/mol. The van der Waals surface area contributed by atoms with E-state index in [1.54, 1.807) is 46.9 Å². The minimum Gasteiger partial charge on any atom is -0.494 e. The molecule has 1 saturated heterocycles. The number of morpholine rings is 1. The van der Waals surface area contributed by atoms with Crippen molar-refractivity contribution >= 4 is 22.2 Å². The molecule has 4 aromatic rings. The highest BCUT2D eigenvalue weighted by Gasteiger charge is 2.19. The van der Waals surface area contributed by atoms with Gasteiger partial charge in [-0.15, -0.1) is 11.3 Å². The number of carbonyl (C=O) groups is 1. The van der Waals surface area contributed by atoms with Crippen LogP contribution >= 0.6 is 11.3 Å². The number of fused-ring (bicyclic) bond motifs is 1. The lowest BCUT2D eigenvalue weighted by atomic mass is 10.1. The van der Waals surface area contributed by atoms with E-state index in [1.165, 1.54) is 11.3 Å². The summed E-state index contributed by atoms with van der Waals surface area (Å²) in [5, 5.41) is 6.51. The summed E-state index contributed by atoms with van der Waals surface area (Å²) in [5.74, 6) is 1.56. The molecular weight excluding hydrogens is 496 g/mol. The summed E-state index contributed by atoms with van der Waals surface area (Å²) in [6.07, 6.45) is 0. The number of thiazole rings is 1. The van der Waals surface area contributed by atoms with Gasteiger partial charge in [-0.05, 0) is 49.4 Å². The number of amides is 1. The highest BCUT2D eigenvalue weighted by molar-refractivity contribution is 7.15. The SMILES string of the molecule is CCOc1ccc(-c2nn3c(-c4ccc(OCC(=O)N5CCOCC5)c(OC)c4)csc3nc2=O)cc1. The van der Waals surface area contributed by atoms with Crippen molar-refractivity contribution in [3.05, 3.63) is 58.2 Å². The van der Waals surface area contributed by atoms with Crippen LogP contribution in [-0.2, 0) is 9.53 Å². The van der Waals surface area contributed by atoms with Crippen LogP contribution in [0.3, 0.4) is 0 Å². The van der Waals surface area contributed by atoms with Crippen LogP contribution in [0.2, 0.25) is 0 Å². The second-order valence-corrected chi connectivity index (χ2v) is 9.02. The molecule has 0 N–H and O–H groups in total. The first kappa shape index (κ1) is 24.7. The van der Waals surface area contributed by atoms with Crippen molar-refractivity contribution in [2.75, 3.05) is 46.6 Å². The van der Waals surface area contributed by atoms with Crippen molar-refractivity contribution in [2.45, 2.75) is 6.92 Å². The first-order valence-corrected chi connectivity index (χ1v) is 12.7. The Hall–Kier alpha value is -3.96. The molecule has 5 rings (SSSR count). The van der Waals surface area contributed by atoms with Gasteiger partial charge in [-0.2, -0.15) is 10.1 Å². The predicted molar refractivity (Wildman–Crippen MR) is 139 cm³/mol. The van der Waals surface area contributed by atoms with E-state index >= 15 is 0 Å². The third-order valence-electron chi connectivity index (χ3n) is 5.90. The van der Waals surface area contributed by atoms with Crippen molar-refractivity contribution in [3.63, 3.8) is 0 Å². The lowest BCUT2D eigenvalue weighted by Crippen LogP contribution is -2.43.